The fourth-order valence-electron chi connectivity index (χ4n) is 5.70. The molecule has 3 aliphatic rings. The second kappa shape index (κ2) is 10.6. The summed E-state index contributed by atoms with van der Waals surface area (Å²) in [6.45, 7) is 14.7. The zero-order valence-corrected chi connectivity index (χ0v) is 19.1. The Labute approximate surface area is 183 Å². The Morgan fingerprint density at radius 2 is 1.90 bits per heavy atom. The zero-order valence-electron chi connectivity index (χ0n) is 19.1. The lowest BCUT2D eigenvalue weighted by Gasteiger charge is -2.48. The second-order valence-electron chi connectivity index (χ2n) is 9.40. The first-order chi connectivity index (χ1) is 14.8. The van der Waals surface area contributed by atoms with Gasteiger partial charge in [-0.15, -0.1) is 0 Å². The highest BCUT2D eigenvalue weighted by atomic mass is 15.3. The molecule has 0 amide bonds. The van der Waals surface area contributed by atoms with Gasteiger partial charge in [-0.05, 0) is 69.6 Å². The lowest BCUT2D eigenvalue weighted by Crippen LogP contribution is -2.56. The largest absolute Gasteiger partial charge is 0.357 e. The summed E-state index contributed by atoms with van der Waals surface area (Å²) < 4.78 is 0. The van der Waals surface area contributed by atoms with E-state index in [2.05, 4.69) is 64.2 Å². The summed E-state index contributed by atoms with van der Waals surface area (Å²) in [6, 6.07) is 11.7. The number of nitrogens with zero attached hydrogens (tertiary/aromatic N) is 4. The molecule has 4 rings (SSSR count). The molecule has 3 atom stereocenters. The van der Waals surface area contributed by atoms with Crippen molar-refractivity contribution in [2.75, 3.05) is 52.4 Å². The number of nitrogens with one attached hydrogen (secondary N) is 1. The highest BCUT2D eigenvalue weighted by Gasteiger charge is 2.36. The van der Waals surface area contributed by atoms with Gasteiger partial charge in [0.1, 0.15) is 0 Å². The van der Waals surface area contributed by atoms with Crippen LogP contribution in [0.2, 0.25) is 0 Å². The maximum absolute atomic E-state index is 5.10. The summed E-state index contributed by atoms with van der Waals surface area (Å²) in [7, 11) is 0. The molecule has 0 saturated carbocycles. The molecule has 1 N–H and O–H groups in total. The Bertz CT molecular complexity index is 675. The van der Waals surface area contributed by atoms with Gasteiger partial charge in [0.05, 0.1) is 0 Å². The molecule has 5 heteroatoms. The molecule has 3 saturated heterocycles. The lowest BCUT2D eigenvalue weighted by atomic mass is 9.83. The fourth-order valence-corrected chi connectivity index (χ4v) is 5.70. The van der Waals surface area contributed by atoms with E-state index in [1.54, 1.807) is 0 Å². The third-order valence-electron chi connectivity index (χ3n) is 7.36. The lowest BCUT2D eigenvalue weighted by molar-refractivity contribution is 0.0372. The van der Waals surface area contributed by atoms with E-state index in [1.807, 2.05) is 0 Å². The standard InChI is InChI=1S/C25H41N5/c1-3-26-25(27-17-22-12-15-28(4-2)18-22)30-16-13-24-23(20-30)11-8-14-29(24)19-21-9-6-5-7-10-21/h5-7,9-10,22-24H,3-4,8,11-20H2,1-2H3,(H,26,27). The minimum absolute atomic E-state index is 0.728. The van der Waals surface area contributed by atoms with Crippen LogP contribution in [0.5, 0.6) is 0 Å². The number of rotatable bonds is 6. The molecule has 3 aliphatic heterocycles. The summed E-state index contributed by atoms with van der Waals surface area (Å²) in [5.41, 5.74) is 1.45. The minimum atomic E-state index is 0.728. The van der Waals surface area contributed by atoms with Gasteiger partial charge >= 0.3 is 0 Å². The molecule has 3 heterocycles. The smallest absolute Gasteiger partial charge is 0.193 e. The average molecular weight is 412 g/mol. The molecule has 5 nitrogen and oxygen atoms in total. The number of hydrogen-bond acceptors (Lipinski definition) is 3. The van der Waals surface area contributed by atoms with E-state index in [0.29, 0.717) is 0 Å². The maximum Gasteiger partial charge on any atom is 0.193 e. The molecule has 0 bridgehead atoms. The molecule has 0 aliphatic carbocycles. The van der Waals surface area contributed by atoms with E-state index in [0.717, 1.165) is 56.6 Å². The summed E-state index contributed by atoms with van der Waals surface area (Å²) in [6.07, 6.45) is 5.25. The van der Waals surface area contributed by atoms with Crippen molar-refractivity contribution in [3.8, 4) is 0 Å². The van der Waals surface area contributed by atoms with Crippen LogP contribution >= 0.6 is 0 Å². The Morgan fingerprint density at radius 1 is 1.03 bits per heavy atom. The number of piperidine rings is 2. The number of aliphatic imine (C=N–C) groups is 1. The third kappa shape index (κ3) is 5.36. The molecular formula is C25H41N5. The van der Waals surface area contributed by atoms with Gasteiger partial charge in [-0.1, -0.05) is 37.3 Å². The molecule has 1 aromatic rings. The second-order valence-corrected chi connectivity index (χ2v) is 9.40. The predicted molar refractivity (Wildman–Crippen MR) is 126 cm³/mol. The van der Waals surface area contributed by atoms with Gasteiger partial charge < -0.3 is 15.1 Å². The third-order valence-corrected chi connectivity index (χ3v) is 7.36. The quantitative estimate of drug-likeness (QED) is 0.575. The molecule has 0 aromatic heterocycles. The summed E-state index contributed by atoms with van der Waals surface area (Å²) in [5, 5.41) is 3.60. The van der Waals surface area contributed by atoms with Crippen LogP contribution in [0.1, 0.15) is 45.1 Å². The Hall–Kier alpha value is -1.59. The van der Waals surface area contributed by atoms with Crippen LogP contribution in [0.25, 0.3) is 0 Å². The van der Waals surface area contributed by atoms with Crippen LogP contribution < -0.4 is 5.32 Å². The van der Waals surface area contributed by atoms with Gasteiger partial charge in [0.15, 0.2) is 5.96 Å². The number of hydrogen-bond donors (Lipinski definition) is 1. The van der Waals surface area contributed by atoms with Crippen molar-refractivity contribution < 1.29 is 0 Å². The van der Waals surface area contributed by atoms with Crippen molar-refractivity contribution in [3.63, 3.8) is 0 Å². The molecule has 1 aromatic carbocycles. The Balaban J connectivity index is 1.36. The van der Waals surface area contributed by atoms with Gasteiger partial charge in [-0.3, -0.25) is 9.89 Å². The van der Waals surface area contributed by atoms with Crippen LogP contribution in [0.4, 0.5) is 0 Å². The summed E-state index contributed by atoms with van der Waals surface area (Å²) in [5.74, 6) is 2.65. The van der Waals surface area contributed by atoms with E-state index in [4.69, 9.17) is 4.99 Å². The minimum Gasteiger partial charge on any atom is -0.357 e. The SMILES string of the molecule is CCNC(=NCC1CCN(CC)C1)N1CCC2C(CCCN2Cc2ccccc2)C1. The number of likely N-dealkylation sites (tertiary alicyclic amines) is 3. The van der Waals surface area contributed by atoms with Crippen molar-refractivity contribution in [1.82, 2.24) is 20.0 Å². The Morgan fingerprint density at radius 3 is 2.67 bits per heavy atom. The monoisotopic (exact) mass is 411 g/mol. The highest BCUT2D eigenvalue weighted by molar-refractivity contribution is 5.80. The van der Waals surface area contributed by atoms with Gasteiger partial charge in [-0.25, -0.2) is 0 Å². The van der Waals surface area contributed by atoms with Crippen LogP contribution in [0.15, 0.2) is 35.3 Å². The van der Waals surface area contributed by atoms with Gasteiger partial charge in [0, 0.05) is 45.3 Å². The molecule has 30 heavy (non-hydrogen) atoms. The first-order valence-electron chi connectivity index (χ1n) is 12.3. The van der Waals surface area contributed by atoms with E-state index in [1.165, 1.54) is 57.4 Å². The van der Waals surface area contributed by atoms with Crippen molar-refractivity contribution >= 4 is 5.96 Å². The molecule has 166 valence electrons. The highest BCUT2D eigenvalue weighted by Crippen LogP contribution is 2.31. The van der Waals surface area contributed by atoms with Gasteiger partial charge in [-0.2, -0.15) is 0 Å². The van der Waals surface area contributed by atoms with Crippen molar-refractivity contribution in [3.05, 3.63) is 35.9 Å². The van der Waals surface area contributed by atoms with Crippen molar-refractivity contribution in [1.29, 1.82) is 0 Å². The molecular weight excluding hydrogens is 370 g/mol. The number of benzene rings is 1. The van der Waals surface area contributed by atoms with E-state index in [-0.39, 0.29) is 0 Å². The normalized spacial score (nSPS) is 28.5. The van der Waals surface area contributed by atoms with Crippen LogP contribution in [0.3, 0.4) is 0 Å². The van der Waals surface area contributed by atoms with E-state index < -0.39 is 0 Å². The summed E-state index contributed by atoms with van der Waals surface area (Å²) in [4.78, 5) is 13.0. The molecule has 3 unspecified atom stereocenters. The van der Waals surface area contributed by atoms with Crippen molar-refractivity contribution in [2.24, 2.45) is 16.8 Å². The molecule has 0 spiro atoms. The number of fused-ring (bicyclic) bond motifs is 1. The maximum atomic E-state index is 5.10. The number of guanidine groups is 1. The molecule has 3 fully saturated rings. The van der Waals surface area contributed by atoms with E-state index >= 15 is 0 Å². The summed E-state index contributed by atoms with van der Waals surface area (Å²) >= 11 is 0. The topological polar surface area (TPSA) is 34.1 Å². The average Bonchev–Trinajstić information content (AvgIpc) is 3.25. The van der Waals surface area contributed by atoms with Gasteiger partial charge in [0.25, 0.3) is 0 Å². The zero-order chi connectivity index (χ0) is 20.8. The van der Waals surface area contributed by atoms with Crippen LogP contribution in [0, 0.1) is 11.8 Å². The predicted octanol–water partition coefficient (Wildman–Crippen LogP) is 3.28. The molecule has 0 radical (unpaired) electrons. The van der Waals surface area contributed by atoms with Crippen LogP contribution in [-0.2, 0) is 6.54 Å². The van der Waals surface area contributed by atoms with Gasteiger partial charge in [0.2, 0.25) is 0 Å². The first kappa shape index (κ1) is 21.6. The van der Waals surface area contributed by atoms with Crippen LogP contribution in [-0.4, -0.2) is 79.1 Å². The Kier molecular flexibility index (Phi) is 7.67. The first-order valence-corrected chi connectivity index (χ1v) is 12.3. The van der Waals surface area contributed by atoms with E-state index in [9.17, 15) is 0 Å². The fraction of sp³-hybridized carbons (Fsp3) is 0.720. The van der Waals surface area contributed by atoms with Crippen molar-refractivity contribution in [2.45, 2.75) is 52.1 Å².